The molecule has 0 aromatic heterocycles. The number of carbonyl (C=O) groups is 1. The smallest absolute Gasteiger partial charge is 0.162 e. The predicted molar refractivity (Wildman–Crippen MR) is 95.6 cm³/mol. The minimum absolute atomic E-state index is 0.288. The minimum Gasteiger partial charge on any atom is -0.294 e. The van der Waals surface area contributed by atoms with Crippen molar-refractivity contribution in [2.45, 2.75) is 65.2 Å². The molecule has 0 aliphatic carbocycles. The zero-order valence-electron chi connectivity index (χ0n) is 14.0. The molecular formula is C21H28O. The Morgan fingerprint density at radius 3 is 2.23 bits per heavy atom. The van der Waals surface area contributed by atoms with Gasteiger partial charge in [0.05, 0.1) is 0 Å². The number of hydrogen-bond acceptors (Lipinski definition) is 1. The van der Waals surface area contributed by atoms with E-state index in [9.17, 15) is 4.79 Å². The van der Waals surface area contributed by atoms with Gasteiger partial charge in [0.15, 0.2) is 5.78 Å². The molecule has 0 aliphatic heterocycles. The van der Waals surface area contributed by atoms with Crippen LogP contribution in [0.25, 0.3) is 10.8 Å². The summed E-state index contributed by atoms with van der Waals surface area (Å²) in [7, 11) is 0. The highest BCUT2D eigenvalue weighted by atomic mass is 16.1. The van der Waals surface area contributed by atoms with Crippen molar-refractivity contribution in [1.29, 1.82) is 0 Å². The van der Waals surface area contributed by atoms with Gasteiger partial charge in [0, 0.05) is 12.0 Å². The van der Waals surface area contributed by atoms with Crippen molar-refractivity contribution in [2.24, 2.45) is 0 Å². The van der Waals surface area contributed by atoms with Crippen molar-refractivity contribution in [3.05, 3.63) is 47.5 Å². The second-order valence-electron chi connectivity index (χ2n) is 6.36. The zero-order chi connectivity index (χ0) is 15.8. The normalized spacial score (nSPS) is 11.0. The first-order valence-electron chi connectivity index (χ1n) is 8.74. The molecule has 0 saturated heterocycles. The average Bonchev–Trinajstić information content (AvgIpc) is 2.53. The molecule has 1 nitrogen and oxygen atoms in total. The van der Waals surface area contributed by atoms with Crippen LogP contribution in [0, 0.1) is 6.92 Å². The van der Waals surface area contributed by atoms with Gasteiger partial charge in [0.25, 0.3) is 0 Å². The van der Waals surface area contributed by atoms with E-state index < -0.39 is 0 Å². The maximum absolute atomic E-state index is 12.3. The zero-order valence-corrected chi connectivity index (χ0v) is 14.0. The Balaban J connectivity index is 1.81. The summed E-state index contributed by atoms with van der Waals surface area (Å²) in [5.74, 6) is 0.288. The molecule has 0 atom stereocenters. The third-order valence-corrected chi connectivity index (χ3v) is 4.33. The molecule has 2 rings (SSSR count). The number of benzene rings is 2. The molecule has 2 aromatic carbocycles. The van der Waals surface area contributed by atoms with Gasteiger partial charge in [-0.15, -0.1) is 0 Å². The summed E-state index contributed by atoms with van der Waals surface area (Å²) < 4.78 is 0. The van der Waals surface area contributed by atoms with E-state index in [0.29, 0.717) is 6.42 Å². The van der Waals surface area contributed by atoms with Crippen LogP contribution in [-0.2, 0) is 0 Å². The molecule has 0 unspecified atom stereocenters. The van der Waals surface area contributed by atoms with Crippen LogP contribution >= 0.6 is 0 Å². The molecule has 0 spiro atoms. The fraction of sp³-hybridized carbons (Fsp3) is 0.476. The first kappa shape index (κ1) is 16.7. The molecule has 0 bridgehead atoms. The fourth-order valence-corrected chi connectivity index (χ4v) is 2.93. The molecule has 0 aliphatic rings. The van der Waals surface area contributed by atoms with Crippen LogP contribution in [0.15, 0.2) is 36.4 Å². The number of Topliss-reactive ketones (excluding diaryl/α,β-unsaturated/α-hetero) is 1. The van der Waals surface area contributed by atoms with E-state index in [4.69, 9.17) is 0 Å². The maximum Gasteiger partial charge on any atom is 0.162 e. The number of aryl methyl sites for hydroxylation is 1. The van der Waals surface area contributed by atoms with Crippen molar-refractivity contribution in [3.63, 3.8) is 0 Å². The van der Waals surface area contributed by atoms with E-state index in [-0.39, 0.29) is 5.78 Å². The number of hydrogen-bond donors (Lipinski definition) is 0. The van der Waals surface area contributed by atoms with Crippen LogP contribution in [0.4, 0.5) is 0 Å². The maximum atomic E-state index is 12.3. The van der Waals surface area contributed by atoms with E-state index in [1.807, 2.05) is 12.1 Å². The lowest BCUT2D eigenvalue weighted by Crippen LogP contribution is -1.98. The van der Waals surface area contributed by atoms with Crippen molar-refractivity contribution < 1.29 is 4.79 Å². The summed E-state index contributed by atoms with van der Waals surface area (Å²) in [5, 5.41) is 2.38. The third-order valence-electron chi connectivity index (χ3n) is 4.33. The van der Waals surface area contributed by atoms with Crippen LogP contribution in [0.3, 0.4) is 0 Å². The second-order valence-corrected chi connectivity index (χ2v) is 6.36. The van der Waals surface area contributed by atoms with Gasteiger partial charge in [0.1, 0.15) is 0 Å². The Morgan fingerprint density at radius 1 is 0.818 bits per heavy atom. The van der Waals surface area contributed by atoms with Gasteiger partial charge < -0.3 is 0 Å². The SMILES string of the molecule is CCCCCCCCCC(=O)c1ccc2cc(C)ccc2c1. The first-order chi connectivity index (χ1) is 10.7. The highest BCUT2D eigenvalue weighted by Gasteiger charge is 2.06. The largest absolute Gasteiger partial charge is 0.294 e. The molecule has 0 radical (unpaired) electrons. The Morgan fingerprint density at radius 2 is 1.45 bits per heavy atom. The molecule has 0 saturated carbocycles. The lowest BCUT2D eigenvalue weighted by molar-refractivity contribution is 0.0979. The standard InChI is InChI=1S/C21H28O/c1-3-4-5-6-7-8-9-10-21(22)20-14-13-18-15-17(2)11-12-19(18)16-20/h11-16H,3-10H2,1-2H3. The molecule has 118 valence electrons. The van der Waals surface area contributed by atoms with Crippen molar-refractivity contribution in [1.82, 2.24) is 0 Å². The van der Waals surface area contributed by atoms with E-state index in [0.717, 1.165) is 17.4 Å². The third kappa shape index (κ3) is 4.98. The average molecular weight is 296 g/mol. The van der Waals surface area contributed by atoms with Crippen LogP contribution < -0.4 is 0 Å². The Bertz CT molecular complexity index is 612. The molecule has 0 fully saturated rings. The number of ketones is 1. The molecule has 1 heteroatoms. The lowest BCUT2D eigenvalue weighted by Gasteiger charge is -2.05. The molecule has 2 aromatic rings. The monoisotopic (exact) mass is 296 g/mol. The van der Waals surface area contributed by atoms with E-state index in [1.54, 1.807) is 0 Å². The van der Waals surface area contributed by atoms with Crippen LogP contribution in [-0.4, -0.2) is 5.78 Å². The molecule has 0 N–H and O–H groups in total. The summed E-state index contributed by atoms with van der Waals surface area (Å²) >= 11 is 0. The van der Waals surface area contributed by atoms with Gasteiger partial charge in [-0.25, -0.2) is 0 Å². The number of unbranched alkanes of at least 4 members (excludes halogenated alkanes) is 6. The van der Waals surface area contributed by atoms with Gasteiger partial charge >= 0.3 is 0 Å². The predicted octanol–water partition coefficient (Wildman–Crippen LogP) is 6.47. The second kappa shape index (κ2) is 8.73. The first-order valence-corrected chi connectivity index (χ1v) is 8.74. The number of fused-ring (bicyclic) bond motifs is 1. The molecule has 0 heterocycles. The number of carbonyl (C=O) groups excluding carboxylic acids is 1. The van der Waals surface area contributed by atoms with Crippen molar-refractivity contribution >= 4 is 16.6 Å². The highest BCUT2D eigenvalue weighted by molar-refractivity contribution is 6.00. The summed E-state index contributed by atoms with van der Waals surface area (Å²) in [5.41, 5.74) is 2.12. The minimum atomic E-state index is 0.288. The van der Waals surface area contributed by atoms with Gasteiger partial charge in [-0.2, -0.15) is 0 Å². The number of rotatable bonds is 9. The summed E-state index contributed by atoms with van der Waals surface area (Å²) in [4.78, 5) is 12.3. The van der Waals surface area contributed by atoms with Gasteiger partial charge in [-0.05, 0) is 30.2 Å². The van der Waals surface area contributed by atoms with Gasteiger partial charge in [-0.1, -0.05) is 81.3 Å². The Labute approximate surface area is 134 Å². The Hall–Kier alpha value is -1.63. The Kier molecular flexibility index (Phi) is 6.64. The lowest BCUT2D eigenvalue weighted by atomic mass is 9.99. The molecule has 0 amide bonds. The van der Waals surface area contributed by atoms with Crippen molar-refractivity contribution in [2.75, 3.05) is 0 Å². The molecule has 22 heavy (non-hydrogen) atoms. The van der Waals surface area contributed by atoms with Crippen LogP contribution in [0.1, 0.15) is 74.2 Å². The van der Waals surface area contributed by atoms with Gasteiger partial charge in [0.2, 0.25) is 0 Å². The quantitative estimate of drug-likeness (QED) is 0.383. The van der Waals surface area contributed by atoms with E-state index in [1.165, 1.54) is 49.5 Å². The summed E-state index contributed by atoms with van der Waals surface area (Å²) in [6, 6.07) is 12.5. The van der Waals surface area contributed by atoms with Crippen LogP contribution in [0.2, 0.25) is 0 Å². The van der Waals surface area contributed by atoms with E-state index >= 15 is 0 Å². The van der Waals surface area contributed by atoms with Gasteiger partial charge in [-0.3, -0.25) is 4.79 Å². The summed E-state index contributed by atoms with van der Waals surface area (Å²) in [6.07, 6.45) is 9.45. The topological polar surface area (TPSA) is 17.1 Å². The highest BCUT2D eigenvalue weighted by Crippen LogP contribution is 2.19. The van der Waals surface area contributed by atoms with Crippen molar-refractivity contribution in [3.8, 4) is 0 Å². The fourth-order valence-electron chi connectivity index (χ4n) is 2.93. The summed E-state index contributed by atoms with van der Waals surface area (Å²) in [6.45, 7) is 4.34. The van der Waals surface area contributed by atoms with Crippen LogP contribution in [0.5, 0.6) is 0 Å². The van der Waals surface area contributed by atoms with E-state index in [2.05, 4.69) is 38.1 Å². The molecular weight excluding hydrogens is 268 g/mol.